The van der Waals surface area contributed by atoms with Gasteiger partial charge in [0.15, 0.2) is 0 Å². The Morgan fingerprint density at radius 1 is 1.30 bits per heavy atom. The summed E-state index contributed by atoms with van der Waals surface area (Å²) in [7, 11) is 0. The molecular formula is C15H22BrN3O. The van der Waals surface area contributed by atoms with Gasteiger partial charge in [-0.05, 0) is 73.0 Å². The van der Waals surface area contributed by atoms with Crippen LogP contribution in [-0.4, -0.2) is 37.0 Å². The highest BCUT2D eigenvalue weighted by Gasteiger charge is 2.10. The van der Waals surface area contributed by atoms with Crippen LogP contribution in [0.3, 0.4) is 0 Å². The third kappa shape index (κ3) is 4.49. The minimum atomic E-state index is -0.0376. The van der Waals surface area contributed by atoms with Gasteiger partial charge >= 0.3 is 0 Å². The molecule has 1 heterocycles. The van der Waals surface area contributed by atoms with Gasteiger partial charge in [0.1, 0.15) is 0 Å². The van der Waals surface area contributed by atoms with Crippen molar-refractivity contribution in [2.75, 3.05) is 31.9 Å². The van der Waals surface area contributed by atoms with E-state index in [1.807, 2.05) is 0 Å². The number of benzene rings is 1. The van der Waals surface area contributed by atoms with Crippen molar-refractivity contribution in [2.24, 2.45) is 0 Å². The van der Waals surface area contributed by atoms with Gasteiger partial charge in [-0.2, -0.15) is 0 Å². The average molecular weight is 340 g/mol. The Kier molecular flexibility index (Phi) is 5.86. The number of nitrogens with two attached hydrogens (primary N) is 1. The van der Waals surface area contributed by atoms with Gasteiger partial charge in [-0.3, -0.25) is 4.79 Å². The number of likely N-dealkylation sites (tertiary alicyclic amines) is 1. The van der Waals surface area contributed by atoms with Crippen molar-refractivity contribution < 1.29 is 4.79 Å². The largest absolute Gasteiger partial charge is 0.398 e. The zero-order valence-corrected chi connectivity index (χ0v) is 13.3. The lowest BCUT2D eigenvalue weighted by Crippen LogP contribution is -2.33. The zero-order chi connectivity index (χ0) is 14.4. The molecular weight excluding hydrogens is 318 g/mol. The van der Waals surface area contributed by atoms with Gasteiger partial charge in [-0.15, -0.1) is 0 Å². The molecule has 1 aliphatic heterocycles. The number of carbonyl (C=O) groups excluding carboxylic acids is 1. The first-order valence-corrected chi connectivity index (χ1v) is 8.02. The van der Waals surface area contributed by atoms with Gasteiger partial charge in [0.2, 0.25) is 0 Å². The second-order valence-corrected chi connectivity index (χ2v) is 6.10. The van der Waals surface area contributed by atoms with E-state index >= 15 is 0 Å². The van der Waals surface area contributed by atoms with Crippen molar-refractivity contribution in [3.05, 3.63) is 28.2 Å². The summed E-state index contributed by atoms with van der Waals surface area (Å²) >= 11 is 3.34. The highest BCUT2D eigenvalue weighted by atomic mass is 79.9. The van der Waals surface area contributed by atoms with Crippen molar-refractivity contribution in [3.8, 4) is 0 Å². The van der Waals surface area contributed by atoms with Crippen molar-refractivity contribution >= 4 is 27.5 Å². The fraction of sp³-hybridized carbons (Fsp3) is 0.533. The highest BCUT2D eigenvalue weighted by Crippen LogP contribution is 2.20. The number of hydrogen-bond acceptors (Lipinski definition) is 3. The number of nitrogens with zero attached hydrogens (tertiary/aromatic N) is 1. The van der Waals surface area contributed by atoms with Gasteiger partial charge in [0.25, 0.3) is 5.91 Å². The summed E-state index contributed by atoms with van der Waals surface area (Å²) in [6, 6.07) is 5.25. The van der Waals surface area contributed by atoms with Crippen LogP contribution in [0.15, 0.2) is 22.7 Å². The van der Waals surface area contributed by atoms with E-state index in [1.54, 1.807) is 18.2 Å². The van der Waals surface area contributed by atoms with E-state index in [0.29, 0.717) is 11.3 Å². The first kappa shape index (κ1) is 15.3. The summed E-state index contributed by atoms with van der Waals surface area (Å²) in [5.41, 5.74) is 7.00. The maximum absolute atomic E-state index is 12.0. The molecule has 20 heavy (non-hydrogen) atoms. The third-order valence-electron chi connectivity index (χ3n) is 3.65. The Bertz CT molecular complexity index is 458. The molecule has 1 saturated heterocycles. The third-order valence-corrected chi connectivity index (χ3v) is 4.33. The molecule has 2 rings (SSSR count). The molecule has 1 aromatic carbocycles. The van der Waals surface area contributed by atoms with Crippen molar-refractivity contribution in [1.82, 2.24) is 10.2 Å². The van der Waals surface area contributed by atoms with Crippen LogP contribution in [0.1, 0.15) is 36.0 Å². The molecule has 0 saturated carbocycles. The second-order valence-electron chi connectivity index (χ2n) is 5.25. The summed E-state index contributed by atoms with van der Waals surface area (Å²) in [6.45, 7) is 4.21. The van der Waals surface area contributed by atoms with Crippen LogP contribution < -0.4 is 11.1 Å². The SMILES string of the molecule is Nc1ccc(C(=O)NCCCN2CCCCC2)cc1Br. The predicted molar refractivity (Wildman–Crippen MR) is 85.8 cm³/mol. The molecule has 0 radical (unpaired) electrons. The molecule has 0 aromatic heterocycles. The van der Waals surface area contributed by atoms with E-state index in [9.17, 15) is 4.79 Å². The molecule has 110 valence electrons. The Balaban J connectivity index is 1.70. The number of hydrogen-bond donors (Lipinski definition) is 2. The number of halogens is 1. The van der Waals surface area contributed by atoms with Crippen LogP contribution in [-0.2, 0) is 0 Å². The summed E-state index contributed by atoms with van der Waals surface area (Å²) in [5.74, 6) is -0.0376. The van der Waals surface area contributed by atoms with Crippen LogP contribution in [0.2, 0.25) is 0 Å². The summed E-state index contributed by atoms with van der Waals surface area (Å²) < 4.78 is 0.762. The zero-order valence-electron chi connectivity index (χ0n) is 11.7. The van der Waals surface area contributed by atoms with Crippen LogP contribution in [0.4, 0.5) is 5.69 Å². The van der Waals surface area contributed by atoms with Gasteiger partial charge in [-0.1, -0.05) is 6.42 Å². The van der Waals surface area contributed by atoms with Crippen LogP contribution >= 0.6 is 15.9 Å². The monoisotopic (exact) mass is 339 g/mol. The number of nitrogen functional groups attached to an aromatic ring is 1. The number of nitrogens with one attached hydrogen (secondary N) is 1. The van der Waals surface area contributed by atoms with Crippen LogP contribution in [0.25, 0.3) is 0 Å². The fourth-order valence-electron chi connectivity index (χ4n) is 2.46. The topological polar surface area (TPSA) is 58.4 Å². The van der Waals surface area contributed by atoms with E-state index < -0.39 is 0 Å². The molecule has 1 aliphatic rings. The van der Waals surface area contributed by atoms with E-state index in [2.05, 4.69) is 26.1 Å². The Morgan fingerprint density at radius 2 is 2.05 bits per heavy atom. The summed E-state index contributed by atoms with van der Waals surface area (Å²) in [6.07, 6.45) is 4.98. The first-order valence-electron chi connectivity index (χ1n) is 7.22. The van der Waals surface area contributed by atoms with Crippen LogP contribution in [0.5, 0.6) is 0 Å². The molecule has 4 nitrogen and oxygen atoms in total. The lowest BCUT2D eigenvalue weighted by atomic mass is 10.1. The Hall–Kier alpha value is -1.07. The fourth-order valence-corrected chi connectivity index (χ4v) is 2.84. The molecule has 0 bridgehead atoms. The number of anilines is 1. The predicted octanol–water partition coefficient (Wildman–Crippen LogP) is 2.64. The van der Waals surface area contributed by atoms with E-state index in [4.69, 9.17) is 5.73 Å². The average Bonchev–Trinajstić information content (AvgIpc) is 2.47. The maximum Gasteiger partial charge on any atom is 0.251 e. The van der Waals surface area contributed by atoms with E-state index in [1.165, 1.54) is 32.4 Å². The number of rotatable bonds is 5. The van der Waals surface area contributed by atoms with E-state index in [-0.39, 0.29) is 5.91 Å². The summed E-state index contributed by atoms with van der Waals surface area (Å²) in [5, 5.41) is 2.96. The van der Waals surface area contributed by atoms with Gasteiger partial charge in [-0.25, -0.2) is 0 Å². The first-order chi connectivity index (χ1) is 9.66. The second kappa shape index (κ2) is 7.64. The van der Waals surface area contributed by atoms with E-state index in [0.717, 1.165) is 24.0 Å². The van der Waals surface area contributed by atoms with Gasteiger partial charge in [0, 0.05) is 22.3 Å². The normalized spacial score (nSPS) is 16.1. The molecule has 1 aromatic rings. The molecule has 1 amide bonds. The molecule has 0 spiro atoms. The smallest absolute Gasteiger partial charge is 0.251 e. The quantitative estimate of drug-likeness (QED) is 0.640. The van der Waals surface area contributed by atoms with Gasteiger partial charge < -0.3 is 16.0 Å². The molecule has 0 unspecified atom stereocenters. The molecule has 1 fully saturated rings. The molecule has 0 atom stereocenters. The highest BCUT2D eigenvalue weighted by molar-refractivity contribution is 9.10. The molecule has 0 aliphatic carbocycles. The van der Waals surface area contributed by atoms with Crippen molar-refractivity contribution in [2.45, 2.75) is 25.7 Å². The number of piperidine rings is 1. The Morgan fingerprint density at radius 3 is 2.75 bits per heavy atom. The van der Waals surface area contributed by atoms with Gasteiger partial charge in [0.05, 0.1) is 0 Å². The van der Waals surface area contributed by atoms with Crippen molar-refractivity contribution in [1.29, 1.82) is 0 Å². The lowest BCUT2D eigenvalue weighted by Gasteiger charge is -2.26. The van der Waals surface area contributed by atoms with Crippen molar-refractivity contribution in [3.63, 3.8) is 0 Å². The minimum absolute atomic E-state index is 0.0376. The Labute approximate surface area is 128 Å². The minimum Gasteiger partial charge on any atom is -0.398 e. The van der Waals surface area contributed by atoms with Crippen LogP contribution in [0, 0.1) is 0 Å². The number of carbonyl (C=O) groups is 1. The maximum atomic E-state index is 12.0. The lowest BCUT2D eigenvalue weighted by molar-refractivity contribution is 0.0951. The standard InChI is InChI=1S/C15H22BrN3O/c16-13-11-12(5-6-14(13)17)15(20)18-7-4-10-19-8-2-1-3-9-19/h5-6,11H,1-4,7-10,17H2,(H,18,20). The summed E-state index contributed by atoms with van der Waals surface area (Å²) in [4.78, 5) is 14.5. The molecule has 5 heteroatoms. The number of amides is 1. The molecule has 3 N–H and O–H groups in total.